The van der Waals surface area contributed by atoms with Crippen LogP contribution in [-0.2, 0) is 0 Å². The minimum Gasteiger partial charge on any atom is -0.496 e. The average Bonchev–Trinajstić information content (AvgIpc) is 2.53. The minimum absolute atomic E-state index is 0.208. The summed E-state index contributed by atoms with van der Waals surface area (Å²) in [6.45, 7) is 0. The Morgan fingerprint density at radius 2 is 1.65 bits per heavy atom. The van der Waals surface area contributed by atoms with E-state index in [9.17, 15) is 4.79 Å². The van der Waals surface area contributed by atoms with E-state index in [1.165, 1.54) is 33.7 Å². The second kappa shape index (κ2) is 6.01. The van der Waals surface area contributed by atoms with Crippen LogP contribution in [0.25, 0.3) is 0 Å². The maximum Gasteiger partial charge on any atom is 0.219 e. The number of methoxy groups -OCH3 is 3. The molecule has 0 radical (unpaired) electrons. The zero-order valence-electron chi connectivity index (χ0n) is 11.4. The molecule has 104 valence electrons. The predicted octanol–water partition coefficient (Wildman–Crippen LogP) is 1.73. The molecule has 0 spiro atoms. The SMILES string of the molecule is COc1cc(C(=O)c2c(OC)cccc2OC)ncn1. The smallest absolute Gasteiger partial charge is 0.219 e. The number of carbonyl (C=O) groups excluding carboxylic acids is 1. The zero-order chi connectivity index (χ0) is 14.5. The van der Waals surface area contributed by atoms with Crippen molar-refractivity contribution in [3.05, 3.63) is 41.9 Å². The maximum absolute atomic E-state index is 12.6. The molecule has 0 bridgehead atoms. The Morgan fingerprint density at radius 1 is 1.00 bits per heavy atom. The molecule has 0 saturated heterocycles. The lowest BCUT2D eigenvalue weighted by molar-refractivity contribution is 0.102. The van der Waals surface area contributed by atoms with Crippen LogP contribution in [0.15, 0.2) is 30.6 Å². The second-order valence-electron chi connectivity index (χ2n) is 3.81. The van der Waals surface area contributed by atoms with Gasteiger partial charge in [0.15, 0.2) is 0 Å². The van der Waals surface area contributed by atoms with Crippen molar-refractivity contribution in [2.24, 2.45) is 0 Å². The molecular weight excluding hydrogens is 260 g/mol. The lowest BCUT2D eigenvalue weighted by Gasteiger charge is -2.11. The molecule has 0 aliphatic carbocycles. The van der Waals surface area contributed by atoms with Crippen LogP contribution >= 0.6 is 0 Å². The first-order valence-corrected chi connectivity index (χ1v) is 5.83. The normalized spacial score (nSPS) is 9.95. The lowest BCUT2D eigenvalue weighted by atomic mass is 10.1. The first-order chi connectivity index (χ1) is 9.71. The van der Waals surface area contributed by atoms with E-state index >= 15 is 0 Å². The molecule has 0 N–H and O–H groups in total. The Balaban J connectivity index is 2.52. The van der Waals surface area contributed by atoms with E-state index in [1.54, 1.807) is 18.2 Å². The third-order valence-electron chi connectivity index (χ3n) is 2.74. The fraction of sp³-hybridized carbons (Fsp3) is 0.214. The van der Waals surface area contributed by atoms with Gasteiger partial charge in [-0.05, 0) is 12.1 Å². The van der Waals surface area contributed by atoms with E-state index in [2.05, 4.69) is 9.97 Å². The maximum atomic E-state index is 12.6. The molecule has 0 amide bonds. The number of ketones is 1. The topological polar surface area (TPSA) is 70.5 Å². The van der Waals surface area contributed by atoms with Gasteiger partial charge in [-0.3, -0.25) is 4.79 Å². The number of aromatic nitrogens is 2. The van der Waals surface area contributed by atoms with Gasteiger partial charge < -0.3 is 14.2 Å². The van der Waals surface area contributed by atoms with Gasteiger partial charge >= 0.3 is 0 Å². The van der Waals surface area contributed by atoms with Gasteiger partial charge in [-0.25, -0.2) is 9.97 Å². The predicted molar refractivity (Wildman–Crippen MR) is 71.6 cm³/mol. The second-order valence-corrected chi connectivity index (χ2v) is 3.81. The first-order valence-electron chi connectivity index (χ1n) is 5.83. The van der Waals surface area contributed by atoms with Gasteiger partial charge in [0.2, 0.25) is 11.7 Å². The highest BCUT2D eigenvalue weighted by atomic mass is 16.5. The summed E-state index contributed by atoms with van der Waals surface area (Å²) >= 11 is 0. The molecule has 6 heteroatoms. The molecule has 0 atom stereocenters. The summed E-state index contributed by atoms with van der Waals surface area (Å²) in [5.74, 6) is 0.844. The largest absolute Gasteiger partial charge is 0.496 e. The summed E-state index contributed by atoms with van der Waals surface area (Å²) in [5, 5.41) is 0. The van der Waals surface area contributed by atoms with Crippen molar-refractivity contribution in [1.29, 1.82) is 0 Å². The molecule has 0 aliphatic heterocycles. The van der Waals surface area contributed by atoms with Crippen LogP contribution in [0.2, 0.25) is 0 Å². The standard InChI is InChI=1S/C14H14N2O4/c1-18-10-5-4-6-11(19-2)13(10)14(17)9-7-12(20-3)16-8-15-9/h4-8H,1-3H3. The van der Waals surface area contributed by atoms with Gasteiger partial charge in [-0.2, -0.15) is 0 Å². The highest BCUT2D eigenvalue weighted by molar-refractivity contribution is 6.11. The number of benzene rings is 1. The van der Waals surface area contributed by atoms with Crippen molar-refractivity contribution in [1.82, 2.24) is 9.97 Å². The van der Waals surface area contributed by atoms with Crippen LogP contribution in [0.1, 0.15) is 16.1 Å². The number of ether oxygens (including phenoxy) is 3. The summed E-state index contributed by atoms with van der Waals surface area (Å²) < 4.78 is 15.4. The molecule has 1 aromatic carbocycles. The number of nitrogens with zero attached hydrogens (tertiary/aromatic N) is 2. The van der Waals surface area contributed by atoms with Crippen molar-refractivity contribution in [2.75, 3.05) is 21.3 Å². The summed E-state index contributed by atoms with van der Waals surface area (Å²) in [4.78, 5) is 20.4. The number of hydrogen-bond donors (Lipinski definition) is 0. The van der Waals surface area contributed by atoms with Gasteiger partial charge in [0.1, 0.15) is 29.1 Å². The van der Waals surface area contributed by atoms with Gasteiger partial charge in [0.25, 0.3) is 0 Å². The highest BCUT2D eigenvalue weighted by Crippen LogP contribution is 2.30. The molecule has 1 heterocycles. The molecular formula is C14H14N2O4. The van der Waals surface area contributed by atoms with Gasteiger partial charge in [-0.1, -0.05) is 6.07 Å². The Morgan fingerprint density at radius 3 is 2.20 bits per heavy atom. The third kappa shape index (κ3) is 2.54. The number of hydrogen-bond acceptors (Lipinski definition) is 6. The van der Waals surface area contributed by atoms with Crippen molar-refractivity contribution < 1.29 is 19.0 Å². The average molecular weight is 274 g/mol. The minimum atomic E-state index is -0.319. The molecule has 0 fully saturated rings. The van der Waals surface area contributed by atoms with Crippen LogP contribution in [-0.4, -0.2) is 37.1 Å². The molecule has 0 aliphatic rings. The Bertz CT molecular complexity index is 606. The highest BCUT2D eigenvalue weighted by Gasteiger charge is 2.21. The zero-order valence-corrected chi connectivity index (χ0v) is 11.4. The van der Waals surface area contributed by atoms with Crippen LogP contribution in [0, 0.1) is 0 Å². The van der Waals surface area contributed by atoms with E-state index in [-0.39, 0.29) is 11.5 Å². The summed E-state index contributed by atoms with van der Waals surface area (Å²) in [5.41, 5.74) is 0.526. The van der Waals surface area contributed by atoms with Crippen LogP contribution in [0.5, 0.6) is 17.4 Å². The van der Waals surface area contributed by atoms with E-state index in [1.807, 2.05) is 0 Å². The van der Waals surface area contributed by atoms with Gasteiger partial charge in [0.05, 0.1) is 21.3 Å². The molecule has 0 saturated carbocycles. The number of rotatable bonds is 5. The molecule has 1 aromatic heterocycles. The van der Waals surface area contributed by atoms with E-state index in [4.69, 9.17) is 14.2 Å². The van der Waals surface area contributed by atoms with Crippen molar-refractivity contribution in [3.8, 4) is 17.4 Å². The third-order valence-corrected chi connectivity index (χ3v) is 2.74. The van der Waals surface area contributed by atoms with E-state index in [0.717, 1.165) is 0 Å². The van der Waals surface area contributed by atoms with E-state index in [0.29, 0.717) is 22.9 Å². The fourth-order valence-corrected chi connectivity index (χ4v) is 1.78. The Labute approximate surface area is 116 Å². The first kappa shape index (κ1) is 13.8. The fourth-order valence-electron chi connectivity index (χ4n) is 1.78. The quantitative estimate of drug-likeness (QED) is 0.773. The Kier molecular flexibility index (Phi) is 4.14. The van der Waals surface area contributed by atoms with Crippen LogP contribution in [0.3, 0.4) is 0 Å². The lowest BCUT2D eigenvalue weighted by Crippen LogP contribution is -2.09. The van der Waals surface area contributed by atoms with Crippen molar-refractivity contribution >= 4 is 5.78 Å². The van der Waals surface area contributed by atoms with Crippen LogP contribution in [0.4, 0.5) is 0 Å². The van der Waals surface area contributed by atoms with Crippen molar-refractivity contribution in [3.63, 3.8) is 0 Å². The summed E-state index contributed by atoms with van der Waals surface area (Å²) in [7, 11) is 4.46. The molecule has 20 heavy (non-hydrogen) atoms. The van der Waals surface area contributed by atoms with Crippen molar-refractivity contribution in [2.45, 2.75) is 0 Å². The molecule has 2 aromatic rings. The summed E-state index contributed by atoms with van der Waals surface area (Å²) in [6.07, 6.45) is 1.27. The van der Waals surface area contributed by atoms with Gasteiger partial charge in [-0.15, -0.1) is 0 Å². The monoisotopic (exact) mass is 274 g/mol. The Hall–Kier alpha value is -2.63. The van der Waals surface area contributed by atoms with Crippen LogP contribution < -0.4 is 14.2 Å². The molecule has 0 unspecified atom stereocenters. The summed E-state index contributed by atoms with van der Waals surface area (Å²) in [6, 6.07) is 6.59. The van der Waals surface area contributed by atoms with E-state index < -0.39 is 0 Å². The molecule has 2 rings (SSSR count). The molecule has 6 nitrogen and oxygen atoms in total. The van der Waals surface area contributed by atoms with Gasteiger partial charge in [0, 0.05) is 6.07 Å². The number of carbonyl (C=O) groups is 1.